The lowest BCUT2D eigenvalue weighted by Crippen LogP contribution is -1.99. The predicted octanol–water partition coefficient (Wildman–Crippen LogP) is 2.52. The normalized spacial score (nSPS) is 12.9. The van der Waals surface area contributed by atoms with E-state index in [2.05, 4.69) is 0 Å². The van der Waals surface area contributed by atoms with Crippen LogP contribution in [0.1, 0.15) is 12.5 Å². The first-order valence-electron chi connectivity index (χ1n) is 3.58. The summed E-state index contributed by atoms with van der Waals surface area (Å²) in [6.07, 6.45) is -1.18. The van der Waals surface area contributed by atoms with E-state index in [1.54, 1.807) is 0 Å². The maximum absolute atomic E-state index is 12.2. The number of hydrogen-bond acceptors (Lipinski definition) is 1. The fourth-order valence-electron chi connectivity index (χ4n) is 0.785. The molecule has 0 aliphatic carbocycles. The molecular formula is C9H11FO. The average Bonchev–Trinajstić information content (AvgIpc) is 2.03. The zero-order chi connectivity index (χ0) is 8.10. The molecule has 1 rings (SSSR count). The van der Waals surface area contributed by atoms with Crippen molar-refractivity contribution in [2.45, 2.75) is 19.9 Å². The molecule has 1 aromatic rings. The Hall–Kier alpha value is -0.890. The van der Waals surface area contributed by atoms with Gasteiger partial charge in [0.25, 0.3) is 0 Å². The molecule has 0 radical (unpaired) electrons. The van der Waals surface area contributed by atoms with Crippen molar-refractivity contribution in [3.05, 3.63) is 35.9 Å². The van der Waals surface area contributed by atoms with Gasteiger partial charge in [-0.05, 0) is 12.5 Å². The number of benzene rings is 1. The van der Waals surface area contributed by atoms with Crippen LogP contribution in [0, 0.1) is 0 Å². The molecule has 1 nitrogen and oxygen atoms in total. The van der Waals surface area contributed by atoms with Crippen molar-refractivity contribution in [3.63, 3.8) is 0 Å². The van der Waals surface area contributed by atoms with Crippen molar-refractivity contribution < 1.29 is 9.13 Å². The Balaban J connectivity index is 2.39. The minimum Gasteiger partial charge on any atom is -0.344 e. The molecule has 0 spiro atoms. The molecule has 60 valence electrons. The monoisotopic (exact) mass is 154 g/mol. The van der Waals surface area contributed by atoms with Gasteiger partial charge >= 0.3 is 0 Å². The van der Waals surface area contributed by atoms with E-state index in [1.807, 2.05) is 30.3 Å². The summed E-state index contributed by atoms with van der Waals surface area (Å²) < 4.78 is 16.9. The highest BCUT2D eigenvalue weighted by Gasteiger charge is 1.96. The van der Waals surface area contributed by atoms with Crippen LogP contribution in [0.25, 0.3) is 0 Å². The summed E-state index contributed by atoms with van der Waals surface area (Å²) in [5.74, 6) is 0. The first-order valence-corrected chi connectivity index (χ1v) is 3.58. The highest BCUT2D eigenvalue weighted by atomic mass is 19.1. The Bertz CT molecular complexity index is 196. The van der Waals surface area contributed by atoms with Crippen LogP contribution < -0.4 is 0 Å². The quantitative estimate of drug-likeness (QED) is 0.650. The van der Waals surface area contributed by atoms with Crippen molar-refractivity contribution in [2.24, 2.45) is 0 Å². The SMILES string of the molecule is CC(F)OCc1ccccc1. The lowest BCUT2D eigenvalue weighted by atomic mass is 10.2. The van der Waals surface area contributed by atoms with Crippen LogP contribution >= 0.6 is 0 Å². The molecule has 1 aromatic carbocycles. The molecule has 11 heavy (non-hydrogen) atoms. The standard InChI is InChI=1S/C9H11FO/c1-8(10)11-7-9-5-3-2-4-6-9/h2-6,8H,7H2,1H3. The molecule has 0 amide bonds. The molecule has 0 aliphatic rings. The van der Waals surface area contributed by atoms with Crippen molar-refractivity contribution in [1.82, 2.24) is 0 Å². The molecule has 2 heteroatoms. The van der Waals surface area contributed by atoms with Gasteiger partial charge in [0.2, 0.25) is 0 Å². The second kappa shape index (κ2) is 4.09. The summed E-state index contributed by atoms with van der Waals surface area (Å²) >= 11 is 0. The minimum atomic E-state index is -1.18. The third kappa shape index (κ3) is 3.14. The molecular weight excluding hydrogens is 143 g/mol. The number of halogens is 1. The van der Waals surface area contributed by atoms with Crippen molar-refractivity contribution in [1.29, 1.82) is 0 Å². The van der Waals surface area contributed by atoms with Crippen LogP contribution in [0.4, 0.5) is 4.39 Å². The molecule has 0 saturated heterocycles. The Morgan fingerprint density at radius 3 is 2.55 bits per heavy atom. The molecule has 0 heterocycles. The van der Waals surface area contributed by atoms with E-state index in [9.17, 15) is 4.39 Å². The Morgan fingerprint density at radius 2 is 2.00 bits per heavy atom. The van der Waals surface area contributed by atoms with Crippen LogP contribution in [-0.2, 0) is 11.3 Å². The maximum atomic E-state index is 12.2. The number of alkyl halides is 1. The van der Waals surface area contributed by atoms with Gasteiger partial charge in [-0.2, -0.15) is 0 Å². The lowest BCUT2D eigenvalue weighted by molar-refractivity contribution is -0.0349. The summed E-state index contributed by atoms with van der Waals surface area (Å²) in [5, 5.41) is 0. The van der Waals surface area contributed by atoms with E-state index in [-0.39, 0.29) is 0 Å². The third-order valence-corrected chi connectivity index (χ3v) is 1.32. The first kappa shape index (κ1) is 8.21. The van der Waals surface area contributed by atoms with Crippen molar-refractivity contribution >= 4 is 0 Å². The summed E-state index contributed by atoms with van der Waals surface area (Å²) in [6, 6.07) is 9.54. The maximum Gasteiger partial charge on any atom is 0.196 e. The van der Waals surface area contributed by atoms with E-state index in [4.69, 9.17) is 4.74 Å². The number of rotatable bonds is 3. The van der Waals surface area contributed by atoms with Crippen LogP contribution in [-0.4, -0.2) is 6.36 Å². The second-order valence-electron chi connectivity index (χ2n) is 2.34. The van der Waals surface area contributed by atoms with Gasteiger partial charge in [0.15, 0.2) is 6.36 Å². The van der Waals surface area contributed by atoms with Crippen LogP contribution in [0.2, 0.25) is 0 Å². The number of ether oxygens (including phenoxy) is 1. The van der Waals surface area contributed by atoms with Gasteiger partial charge in [-0.1, -0.05) is 30.3 Å². The summed E-state index contributed by atoms with van der Waals surface area (Å²) in [6.45, 7) is 1.72. The topological polar surface area (TPSA) is 9.23 Å². The van der Waals surface area contributed by atoms with Gasteiger partial charge < -0.3 is 4.74 Å². The Morgan fingerprint density at radius 1 is 1.36 bits per heavy atom. The van der Waals surface area contributed by atoms with Gasteiger partial charge in [-0.3, -0.25) is 0 Å². The average molecular weight is 154 g/mol. The zero-order valence-corrected chi connectivity index (χ0v) is 6.46. The molecule has 1 atom stereocenters. The van der Waals surface area contributed by atoms with Gasteiger partial charge in [-0.15, -0.1) is 0 Å². The van der Waals surface area contributed by atoms with E-state index in [0.29, 0.717) is 6.61 Å². The van der Waals surface area contributed by atoms with E-state index < -0.39 is 6.36 Å². The fourth-order valence-corrected chi connectivity index (χ4v) is 0.785. The van der Waals surface area contributed by atoms with Gasteiger partial charge in [0.05, 0.1) is 6.61 Å². The molecule has 0 aliphatic heterocycles. The first-order chi connectivity index (χ1) is 5.29. The lowest BCUT2D eigenvalue weighted by Gasteiger charge is -2.03. The van der Waals surface area contributed by atoms with Crippen molar-refractivity contribution in [2.75, 3.05) is 0 Å². The van der Waals surface area contributed by atoms with Crippen molar-refractivity contribution in [3.8, 4) is 0 Å². The number of hydrogen-bond donors (Lipinski definition) is 0. The van der Waals surface area contributed by atoms with E-state index in [0.717, 1.165) is 5.56 Å². The summed E-state index contributed by atoms with van der Waals surface area (Å²) in [4.78, 5) is 0. The summed E-state index contributed by atoms with van der Waals surface area (Å²) in [5.41, 5.74) is 0.997. The second-order valence-corrected chi connectivity index (χ2v) is 2.34. The Kier molecular flexibility index (Phi) is 3.05. The molecule has 0 N–H and O–H groups in total. The van der Waals surface area contributed by atoms with Gasteiger partial charge in [0, 0.05) is 0 Å². The van der Waals surface area contributed by atoms with Crippen LogP contribution in [0.5, 0.6) is 0 Å². The molecule has 0 aromatic heterocycles. The van der Waals surface area contributed by atoms with E-state index in [1.165, 1.54) is 6.92 Å². The highest BCUT2D eigenvalue weighted by molar-refractivity contribution is 5.13. The fraction of sp³-hybridized carbons (Fsp3) is 0.333. The van der Waals surface area contributed by atoms with Crippen LogP contribution in [0.15, 0.2) is 30.3 Å². The zero-order valence-electron chi connectivity index (χ0n) is 6.46. The Labute approximate surface area is 65.8 Å². The molecule has 0 fully saturated rings. The minimum absolute atomic E-state index is 0.346. The predicted molar refractivity (Wildman–Crippen MR) is 41.8 cm³/mol. The summed E-state index contributed by atoms with van der Waals surface area (Å²) in [7, 11) is 0. The molecule has 0 saturated carbocycles. The molecule has 0 bridgehead atoms. The highest BCUT2D eigenvalue weighted by Crippen LogP contribution is 2.02. The van der Waals surface area contributed by atoms with E-state index >= 15 is 0 Å². The third-order valence-electron chi connectivity index (χ3n) is 1.32. The largest absolute Gasteiger partial charge is 0.344 e. The smallest absolute Gasteiger partial charge is 0.196 e. The van der Waals surface area contributed by atoms with Gasteiger partial charge in [0.1, 0.15) is 0 Å². The van der Waals surface area contributed by atoms with Gasteiger partial charge in [-0.25, -0.2) is 4.39 Å². The molecule has 1 unspecified atom stereocenters. The van der Waals surface area contributed by atoms with Crippen LogP contribution in [0.3, 0.4) is 0 Å².